The molecule has 1 aromatic rings. The lowest BCUT2D eigenvalue weighted by Gasteiger charge is -2.22. The van der Waals surface area contributed by atoms with Crippen molar-refractivity contribution in [1.29, 1.82) is 0 Å². The summed E-state index contributed by atoms with van der Waals surface area (Å²) in [7, 11) is 0. The number of amides is 1. The van der Waals surface area contributed by atoms with E-state index in [1.807, 2.05) is 18.2 Å². The molecular formula is C17H24N2O. The Morgan fingerprint density at radius 3 is 2.55 bits per heavy atom. The van der Waals surface area contributed by atoms with Gasteiger partial charge >= 0.3 is 0 Å². The first-order valence-corrected chi connectivity index (χ1v) is 7.22. The zero-order valence-electron chi connectivity index (χ0n) is 12.6. The minimum atomic E-state index is -0.0636. The highest BCUT2D eigenvalue weighted by Gasteiger charge is 2.17. The Morgan fingerprint density at radius 2 is 1.95 bits per heavy atom. The third kappa shape index (κ3) is 4.40. The molecule has 3 N–H and O–H groups in total. The molecule has 20 heavy (non-hydrogen) atoms. The highest BCUT2D eigenvalue weighted by molar-refractivity contribution is 5.96. The summed E-state index contributed by atoms with van der Waals surface area (Å²) in [6, 6.07) is 7.54. The Labute approximate surface area is 121 Å². The molecule has 1 unspecified atom stereocenters. The summed E-state index contributed by atoms with van der Waals surface area (Å²) >= 11 is 0. The maximum atomic E-state index is 12.4. The highest BCUT2D eigenvalue weighted by atomic mass is 16.1. The predicted octanol–water partition coefficient (Wildman–Crippen LogP) is 2.55. The number of benzene rings is 1. The molecule has 108 valence electrons. The third-order valence-electron chi connectivity index (χ3n) is 3.61. The first-order valence-electron chi connectivity index (χ1n) is 7.22. The minimum Gasteiger partial charge on any atom is -0.349 e. The van der Waals surface area contributed by atoms with Gasteiger partial charge < -0.3 is 11.1 Å². The van der Waals surface area contributed by atoms with E-state index in [0.29, 0.717) is 18.0 Å². The van der Waals surface area contributed by atoms with Crippen LogP contribution in [0.4, 0.5) is 0 Å². The van der Waals surface area contributed by atoms with Crippen LogP contribution in [0.5, 0.6) is 0 Å². The maximum absolute atomic E-state index is 12.4. The van der Waals surface area contributed by atoms with Crippen molar-refractivity contribution in [3.05, 3.63) is 35.4 Å². The molecule has 1 atom stereocenters. The first-order chi connectivity index (χ1) is 9.63. The summed E-state index contributed by atoms with van der Waals surface area (Å²) in [5, 5.41) is 3.08. The van der Waals surface area contributed by atoms with E-state index >= 15 is 0 Å². The second-order valence-corrected chi connectivity index (χ2v) is 4.89. The molecule has 0 saturated carbocycles. The molecule has 0 fully saturated rings. The average molecular weight is 272 g/mol. The van der Waals surface area contributed by atoms with E-state index in [0.717, 1.165) is 18.4 Å². The monoisotopic (exact) mass is 272 g/mol. The summed E-state index contributed by atoms with van der Waals surface area (Å²) in [6.07, 6.45) is 2.12. The molecule has 0 aliphatic heterocycles. The van der Waals surface area contributed by atoms with Crippen LogP contribution in [0.1, 0.15) is 49.5 Å². The lowest BCUT2D eigenvalue weighted by atomic mass is 9.95. The second kappa shape index (κ2) is 8.39. The second-order valence-electron chi connectivity index (χ2n) is 4.89. The molecule has 0 aliphatic rings. The van der Waals surface area contributed by atoms with Crippen LogP contribution < -0.4 is 11.1 Å². The molecule has 0 heterocycles. The van der Waals surface area contributed by atoms with Crippen LogP contribution in [0, 0.1) is 17.8 Å². The highest BCUT2D eigenvalue weighted by Crippen LogP contribution is 2.14. The van der Waals surface area contributed by atoms with Crippen LogP contribution in [0.15, 0.2) is 24.3 Å². The van der Waals surface area contributed by atoms with Gasteiger partial charge in [0.1, 0.15) is 0 Å². The fourth-order valence-electron chi connectivity index (χ4n) is 2.33. The number of carbonyl (C=O) groups excluding carboxylic acids is 1. The average Bonchev–Trinajstić information content (AvgIpc) is 2.46. The maximum Gasteiger partial charge on any atom is 0.252 e. The van der Waals surface area contributed by atoms with Gasteiger partial charge in [0.05, 0.1) is 12.1 Å². The van der Waals surface area contributed by atoms with E-state index in [4.69, 9.17) is 5.73 Å². The normalized spacial score (nSPS) is 11.7. The molecule has 0 aromatic heterocycles. The van der Waals surface area contributed by atoms with Gasteiger partial charge in [-0.2, -0.15) is 0 Å². The van der Waals surface area contributed by atoms with Gasteiger partial charge in [-0.1, -0.05) is 50.7 Å². The summed E-state index contributed by atoms with van der Waals surface area (Å²) in [6.45, 7) is 6.65. The Balaban J connectivity index is 2.87. The van der Waals surface area contributed by atoms with Crippen LogP contribution in [-0.4, -0.2) is 18.5 Å². The molecule has 0 radical (unpaired) electrons. The van der Waals surface area contributed by atoms with Crippen molar-refractivity contribution in [1.82, 2.24) is 5.32 Å². The van der Waals surface area contributed by atoms with Crippen molar-refractivity contribution < 1.29 is 4.79 Å². The Bertz CT molecular complexity index is 495. The number of nitrogens with one attached hydrogen (secondary N) is 1. The van der Waals surface area contributed by atoms with Crippen molar-refractivity contribution in [3.63, 3.8) is 0 Å². The van der Waals surface area contributed by atoms with Gasteiger partial charge in [0.15, 0.2) is 0 Å². The zero-order chi connectivity index (χ0) is 15.0. The molecular weight excluding hydrogens is 248 g/mol. The third-order valence-corrected chi connectivity index (χ3v) is 3.61. The molecule has 1 rings (SSSR count). The molecule has 3 heteroatoms. The Morgan fingerprint density at radius 1 is 1.30 bits per heavy atom. The van der Waals surface area contributed by atoms with E-state index in [-0.39, 0.29) is 11.9 Å². The van der Waals surface area contributed by atoms with Crippen molar-refractivity contribution >= 4 is 5.91 Å². The molecule has 0 spiro atoms. The fraction of sp³-hybridized carbons (Fsp3) is 0.471. The lowest BCUT2D eigenvalue weighted by molar-refractivity contribution is 0.0925. The van der Waals surface area contributed by atoms with Gasteiger partial charge in [0, 0.05) is 11.6 Å². The fourth-order valence-corrected chi connectivity index (χ4v) is 2.33. The largest absolute Gasteiger partial charge is 0.349 e. The molecule has 1 aromatic carbocycles. The van der Waals surface area contributed by atoms with E-state index in [9.17, 15) is 4.79 Å². The number of nitrogens with two attached hydrogens (primary N) is 1. The molecule has 0 aliphatic carbocycles. The molecule has 3 nitrogen and oxygen atoms in total. The van der Waals surface area contributed by atoms with Crippen LogP contribution in [-0.2, 0) is 0 Å². The number of rotatable bonds is 5. The molecule has 1 amide bonds. The van der Waals surface area contributed by atoms with Crippen molar-refractivity contribution in [2.24, 2.45) is 11.7 Å². The Hall–Kier alpha value is -1.79. The first kappa shape index (κ1) is 16.3. The topological polar surface area (TPSA) is 55.1 Å². The molecule has 0 saturated heterocycles. The van der Waals surface area contributed by atoms with Gasteiger partial charge in [-0.3, -0.25) is 4.79 Å². The van der Waals surface area contributed by atoms with Crippen LogP contribution in [0.3, 0.4) is 0 Å². The van der Waals surface area contributed by atoms with E-state index in [1.165, 1.54) is 0 Å². The van der Waals surface area contributed by atoms with Gasteiger partial charge in [-0.05, 0) is 25.0 Å². The smallest absolute Gasteiger partial charge is 0.252 e. The summed E-state index contributed by atoms with van der Waals surface area (Å²) < 4.78 is 0. The van der Waals surface area contributed by atoms with Crippen LogP contribution in [0.25, 0.3) is 0 Å². The van der Waals surface area contributed by atoms with Gasteiger partial charge in [-0.25, -0.2) is 0 Å². The SMILES string of the molecule is CCC(CC)C(C)NC(=O)c1ccccc1C#CCN. The Kier molecular flexibility index (Phi) is 6.83. The van der Waals surface area contributed by atoms with Gasteiger partial charge in [0.25, 0.3) is 5.91 Å². The number of hydrogen-bond donors (Lipinski definition) is 2. The van der Waals surface area contributed by atoms with Gasteiger partial charge in [0.2, 0.25) is 0 Å². The standard InChI is InChI=1S/C17H24N2O/c1-4-14(5-2)13(3)19-17(20)16-11-7-6-9-15(16)10-8-12-18/h6-7,9,11,13-14H,4-5,12,18H2,1-3H3,(H,19,20). The summed E-state index contributed by atoms with van der Waals surface area (Å²) in [5.74, 6) is 6.18. The molecule has 0 bridgehead atoms. The zero-order valence-corrected chi connectivity index (χ0v) is 12.6. The predicted molar refractivity (Wildman–Crippen MR) is 83.4 cm³/mol. The quantitative estimate of drug-likeness (QED) is 0.809. The van der Waals surface area contributed by atoms with Crippen molar-refractivity contribution in [2.75, 3.05) is 6.54 Å². The number of carbonyl (C=O) groups is 1. The van der Waals surface area contributed by atoms with Crippen molar-refractivity contribution in [3.8, 4) is 11.8 Å². The summed E-state index contributed by atoms with van der Waals surface area (Å²) in [4.78, 5) is 12.4. The number of hydrogen-bond acceptors (Lipinski definition) is 2. The van der Waals surface area contributed by atoms with E-state index < -0.39 is 0 Å². The van der Waals surface area contributed by atoms with E-state index in [1.54, 1.807) is 6.07 Å². The van der Waals surface area contributed by atoms with Crippen molar-refractivity contribution in [2.45, 2.75) is 39.7 Å². The van der Waals surface area contributed by atoms with Gasteiger partial charge in [-0.15, -0.1) is 0 Å². The van der Waals surface area contributed by atoms with E-state index in [2.05, 4.69) is 37.9 Å². The van der Waals surface area contributed by atoms with Crippen LogP contribution >= 0.6 is 0 Å². The minimum absolute atomic E-state index is 0.0636. The lowest BCUT2D eigenvalue weighted by Crippen LogP contribution is -2.38. The summed E-state index contributed by atoms with van der Waals surface area (Å²) in [5.41, 5.74) is 6.73. The van der Waals surface area contributed by atoms with Crippen LogP contribution in [0.2, 0.25) is 0 Å².